The highest BCUT2D eigenvalue weighted by molar-refractivity contribution is 6.49. The SMILES string of the molecule is CC(=CB(O)O)c1ccc(C(C)C)cc1. The molecule has 0 saturated heterocycles. The molecular weight excluding hydrogens is 187 g/mol. The van der Waals surface area contributed by atoms with Gasteiger partial charge in [-0.1, -0.05) is 49.7 Å². The van der Waals surface area contributed by atoms with Gasteiger partial charge in [-0.05, 0) is 24.0 Å². The van der Waals surface area contributed by atoms with E-state index in [1.165, 1.54) is 11.5 Å². The van der Waals surface area contributed by atoms with Crippen molar-refractivity contribution in [2.75, 3.05) is 0 Å². The Morgan fingerprint density at radius 1 is 1.20 bits per heavy atom. The Balaban J connectivity index is 2.89. The summed E-state index contributed by atoms with van der Waals surface area (Å²) in [7, 11) is -1.38. The van der Waals surface area contributed by atoms with Crippen LogP contribution in [0, 0.1) is 0 Å². The number of hydrogen-bond acceptors (Lipinski definition) is 2. The fourth-order valence-electron chi connectivity index (χ4n) is 1.45. The Kier molecular flexibility index (Phi) is 4.12. The lowest BCUT2D eigenvalue weighted by molar-refractivity contribution is 0.424. The molecule has 80 valence electrons. The highest BCUT2D eigenvalue weighted by Crippen LogP contribution is 2.19. The number of benzene rings is 1. The first kappa shape index (κ1) is 12.0. The Morgan fingerprint density at radius 2 is 1.73 bits per heavy atom. The maximum absolute atomic E-state index is 8.81. The average Bonchev–Trinajstić information content (AvgIpc) is 2.17. The van der Waals surface area contributed by atoms with Crippen LogP contribution >= 0.6 is 0 Å². The van der Waals surface area contributed by atoms with Crippen molar-refractivity contribution in [2.24, 2.45) is 0 Å². The number of hydrogen-bond donors (Lipinski definition) is 2. The van der Waals surface area contributed by atoms with E-state index in [4.69, 9.17) is 10.0 Å². The topological polar surface area (TPSA) is 40.5 Å². The van der Waals surface area contributed by atoms with Crippen molar-refractivity contribution >= 4 is 12.7 Å². The van der Waals surface area contributed by atoms with Crippen molar-refractivity contribution in [3.63, 3.8) is 0 Å². The summed E-state index contributed by atoms with van der Waals surface area (Å²) in [6, 6.07) is 8.15. The van der Waals surface area contributed by atoms with E-state index in [1.54, 1.807) is 0 Å². The molecule has 1 aromatic carbocycles. The Morgan fingerprint density at radius 3 is 2.13 bits per heavy atom. The molecule has 0 heterocycles. The van der Waals surface area contributed by atoms with Gasteiger partial charge in [0.25, 0.3) is 0 Å². The summed E-state index contributed by atoms with van der Waals surface area (Å²) in [5, 5.41) is 17.6. The van der Waals surface area contributed by atoms with Crippen LogP contribution in [0.5, 0.6) is 0 Å². The van der Waals surface area contributed by atoms with E-state index in [1.807, 2.05) is 19.1 Å². The van der Waals surface area contributed by atoms with E-state index in [-0.39, 0.29) is 0 Å². The molecule has 0 spiro atoms. The van der Waals surface area contributed by atoms with Crippen LogP contribution in [0.4, 0.5) is 0 Å². The van der Waals surface area contributed by atoms with E-state index < -0.39 is 7.12 Å². The maximum Gasteiger partial charge on any atom is 0.480 e. The molecule has 3 heteroatoms. The minimum Gasteiger partial charge on any atom is -0.424 e. The van der Waals surface area contributed by atoms with Gasteiger partial charge in [0.15, 0.2) is 0 Å². The third kappa shape index (κ3) is 3.53. The van der Waals surface area contributed by atoms with E-state index >= 15 is 0 Å². The average molecular weight is 204 g/mol. The molecule has 0 radical (unpaired) electrons. The van der Waals surface area contributed by atoms with Gasteiger partial charge >= 0.3 is 7.12 Å². The first-order valence-electron chi connectivity index (χ1n) is 5.15. The minimum absolute atomic E-state index is 0.520. The third-order valence-corrected chi connectivity index (χ3v) is 2.43. The van der Waals surface area contributed by atoms with Crippen molar-refractivity contribution in [1.82, 2.24) is 0 Å². The van der Waals surface area contributed by atoms with Crippen LogP contribution in [0.2, 0.25) is 0 Å². The lowest BCUT2D eigenvalue weighted by Gasteiger charge is -2.07. The van der Waals surface area contributed by atoms with Crippen LogP contribution in [0.3, 0.4) is 0 Å². The summed E-state index contributed by atoms with van der Waals surface area (Å²) < 4.78 is 0. The molecule has 2 N–H and O–H groups in total. The van der Waals surface area contributed by atoms with Crippen LogP contribution < -0.4 is 0 Å². The normalized spacial score (nSPS) is 12.0. The fraction of sp³-hybridized carbons (Fsp3) is 0.333. The first-order valence-corrected chi connectivity index (χ1v) is 5.15. The quantitative estimate of drug-likeness (QED) is 0.741. The largest absolute Gasteiger partial charge is 0.480 e. The van der Waals surface area contributed by atoms with Crippen LogP contribution in [-0.4, -0.2) is 17.2 Å². The standard InChI is InChI=1S/C12H17BO2/c1-9(2)11-4-6-12(7-5-11)10(3)8-13(14)15/h4-9,14-15H,1-3H3. The Bertz CT molecular complexity index is 339. The molecule has 1 aromatic rings. The fourth-order valence-corrected chi connectivity index (χ4v) is 1.45. The molecule has 1 rings (SSSR count). The first-order chi connectivity index (χ1) is 7.00. The molecule has 0 atom stereocenters. The van der Waals surface area contributed by atoms with Crippen LogP contribution in [0.1, 0.15) is 37.8 Å². The van der Waals surface area contributed by atoms with Gasteiger partial charge in [0, 0.05) is 0 Å². The Labute approximate surface area is 91.4 Å². The summed E-state index contributed by atoms with van der Waals surface area (Å²) in [6.07, 6.45) is 0. The van der Waals surface area contributed by atoms with Gasteiger partial charge in [0.2, 0.25) is 0 Å². The molecule has 0 aliphatic carbocycles. The van der Waals surface area contributed by atoms with Gasteiger partial charge in [-0.3, -0.25) is 0 Å². The van der Waals surface area contributed by atoms with Crippen LogP contribution in [-0.2, 0) is 0 Å². The second-order valence-corrected chi connectivity index (χ2v) is 4.04. The van der Waals surface area contributed by atoms with Crippen molar-refractivity contribution in [2.45, 2.75) is 26.7 Å². The summed E-state index contributed by atoms with van der Waals surface area (Å²) in [5.74, 6) is 1.94. The van der Waals surface area contributed by atoms with Gasteiger partial charge < -0.3 is 10.0 Å². The predicted molar refractivity (Wildman–Crippen MR) is 64.4 cm³/mol. The minimum atomic E-state index is -1.38. The second kappa shape index (κ2) is 5.15. The van der Waals surface area contributed by atoms with Crippen LogP contribution in [0.15, 0.2) is 30.2 Å². The van der Waals surface area contributed by atoms with E-state index in [2.05, 4.69) is 26.0 Å². The lowest BCUT2D eigenvalue weighted by atomic mass is 9.86. The summed E-state index contributed by atoms with van der Waals surface area (Å²) in [5.41, 5.74) is 3.18. The lowest BCUT2D eigenvalue weighted by Crippen LogP contribution is -2.06. The molecular formula is C12H17BO2. The van der Waals surface area contributed by atoms with Crippen molar-refractivity contribution in [3.8, 4) is 0 Å². The maximum atomic E-state index is 8.81. The van der Waals surface area contributed by atoms with Crippen molar-refractivity contribution < 1.29 is 10.0 Å². The Hall–Kier alpha value is -1.06. The molecule has 0 unspecified atom stereocenters. The molecule has 0 aromatic heterocycles. The molecule has 0 aliphatic heterocycles. The van der Waals surface area contributed by atoms with E-state index in [0.29, 0.717) is 5.92 Å². The van der Waals surface area contributed by atoms with E-state index in [0.717, 1.165) is 11.1 Å². The number of allylic oxidation sites excluding steroid dienone is 1. The van der Waals surface area contributed by atoms with Crippen molar-refractivity contribution in [3.05, 3.63) is 41.4 Å². The summed E-state index contributed by atoms with van der Waals surface area (Å²) in [6.45, 7) is 6.16. The molecule has 0 aliphatic rings. The molecule has 0 amide bonds. The van der Waals surface area contributed by atoms with Gasteiger partial charge in [0.05, 0.1) is 0 Å². The smallest absolute Gasteiger partial charge is 0.424 e. The van der Waals surface area contributed by atoms with E-state index in [9.17, 15) is 0 Å². The van der Waals surface area contributed by atoms with Gasteiger partial charge in [-0.15, -0.1) is 0 Å². The zero-order valence-corrected chi connectivity index (χ0v) is 9.44. The molecule has 0 saturated carbocycles. The predicted octanol–water partition coefficient (Wildman–Crippen LogP) is 2.23. The van der Waals surface area contributed by atoms with Crippen LogP contribution in [0.25, 0.3) is 5.57 Å². The van der Waals surface area contributed by atoms with Gasteiger partial charge in [-0.2, -0.15) is 0 Å². The molecule has 0 fully saturated rings. The summed E-state index contributed by atoms with van der Waals surface area (Å²) >= 11 is 0. The summed E-state index contributed by atoms with van der Waals surface area (Å²) in [4.78, 5) is 0. The molecule has 15 heavy (non-hydrogen) atoms. The zero-order valence-electron chi connectivity index (χ0n) is 9.44. The zero-order chi connectivity index (χ0) is 11.4. The number of rotatable bonds is 3. The monoisotopic (exact) mass is 204 g/mol. The van der Waals surface area contributed by atoms with Gasteiger partial charge in [-0.25, -0.2) is 0 Å². The second-order valence-electron chi connectivity index (χ2n) is 4.04. The highest BCUT2D eigenvalue weighted by Gasteiger charge is 2.04. The molecule has 0 bridgehead atoms. The third-order valence-electron chi connectivity index (χ3n) is 2.43. The highest BCUT2D eigenvalue weighted by atomic mass is 16.4. The van der Waals surface area contributed by atoms with Crippen molar-refractivity contribution in [1.29, 1.82) is 0 Å². The molecule has 2 nitrogen and oxygen atoms in total. The van der Waals surface area contributed by atoms with Gasteiger partial charge in [0.1, 0.15) is 0 Å².